The number of aliphatic imine (C=N–C) groups is 1. The van der Waals surface area contributed by atoms with E-state index in [1.807, 2.05) is 14.0 Å². The molecule has 7 heteroatoms. The Morgan fingerprint density at radius 3 is 2.91 bits per heavy atom. The van der Waals surface area contributed by atoms with Crippen molar-refractivity contribution in [3.63, 3.8) is 0 Å². The average Bonchev–Trinajstić information content (AvgIpc) is 2.98. The molecule has 126 valence electrons. The first-order valence-corrected chi connectivity index (χ1v) is 8.45. The quantitative estimate of drug-likeness (QED) is 0.428. The third kappa shape index (κ3) is 6.29. The minimum absolute atomic E-state index is 0.0417. The number of guanidine groups is 1. The van der Waals surface area contributed by atoms with Gasteiger partial charge in [0.2, 0.25) is 0 Å². The van der Waals surface area contributed by atoms with Gasteiger partial charge in [-0.3, -0.25) is 4.99 Å². The largest absolute Gasteiger partial charge is 0.385 e. The summed E-state index contributed by atoms with van der Waals surface area (Å²) in [6.07, 6.45) is 0.964. The van der Waals surface area contributed by atoms with Gasteiger partial charge in [0, 0.05) is 46.3 Å². The lowest BCUT2D eigenvalue weighted by molar-refractivity contribution is 0.119. The average molecular weight is 328 g/mol. The Morgan fingerprint density at radius 2 is 2.27 bits per heavy atom. The number of hydrogen-bond donors (Lipinski definition) is 1. The molecule has 0 amide bonds. The van der Waals surface area contributed by atoms with E-state index in [9.17, 15) is 0 Å². The van der Waals surface area contributed by atoms with E-state index in [0.29, 0.717) is 0 Å². The normalized spacial score (nSPS) is 13.2. The number of aromatic nitrogens is 1. The lowest BCUT2D eigenvalue weighted by atomic mass is 10.4. The van der Waals surface area contributed by atoms with Gasteiger partial charge in [-0.15, -0.1) is 11.3 Å². The lowest BCUT2D eigenvalue weighted by Gasteiger charge is -2.21. The highest BCUT2D eigenvalue weighted by Crippen LogP contribution is 2.20. The second kappa shape index (κ2) is 10.5. The van der Waals surface area contributed by atoms with Crippen LogP contribution in [0.4, 0.5) is 0 Å². The Bertz CT molecular complexity index is 451. The van der Waals surface area contributed by atoms with E-state index in [1.54, 1.807) is 25.6 Å². The fraction of sp³-hybridized carbons (Fsp3) is 0.733. The summed E-state index contributed by atoms with van der Waals surface area (Å²) in [5, 5.41) is 6.39. The van der Waals surface area contributed by atoms with Crippen molar-refractivity contribution in [2.45, 2.75) is 32.9 Å². The maximum atomic E-state index is 5.30. The van der Waals surface area contributed by atoms with Gasteiger partial charge in [0.25, 0.3) is 0 Å². The van der Waals surface area contributed by atoms with Crippen LogP contribution < -0.4 is 5.32 Å². The lowest BCUT2D eigenvalue weighted by Crippen LogP contribution is -2.38. The predicted molar refractivity (Wildman–Crippen MR) is 91.5 cm³/mol. The summed E-state index contributed by atoms with van der Waals surface area (Å²) in [5.41, 5.74) is 1.04. The van der Waals surface area contributed by atoms with Crippen LogP contribution in [0.25, 0.3) is 0 Å². The van der Waals surface area contributed by atoms with E-state index in [0.717, 1.165) is 49.3 Å². The minimum atomic E-state index is 0.0417. The zero-order valence-corrected chi connectivity index (χ0v) is 15.1. The summed E-state index contributed by atoms with van der Waals surface area (Å²) in [4.78, 5) is 11.3. The Morgan fingerprint density at radius 1 is 1.50 bits per heavy atom. The molecule has 1 N–H and O–H groups in total. The van der Waals surface area contributed by atoms with Crippen molar-refractivity contribution in [3.8, 4) is 0 Å². The molecule has 1 heterocycles. The smallest absolute Gasteiger partial charge is 0.194 e. The van der Waals surface area contributed by atoms with Crippen molar-refractivity contribution < 1.29 is 9.47 Å². The molecule has 0 fully saturated rings. The van der Waals surface area contributed by atoms with Gasteiger partial charge in [0.15, 0.2) is 5.96 Å². The van der Waals surface area contributed by atoms with Gasteiger partial charge in [0.05, 0.1) is 12.2 Å². The van der Waals surface area contributed by atoms with Crippen LogP contribution in [0.2, 0.25) is 0 Å². The topological polar surface area (TPSA) is 59.0 Å². The second-order valence-corrected chi connectivity index (χ2v) is 5.88. The first-order chi connectivity index (χ1) is 10.6. The van der Waals surface area contributed by atoms with Crippen molar-refractivity contribution in [2.75, 3.05) is 41.0 Å². The number of ether oxygens (including phenoxy) is 2. The number of hydrogen-bond acceptors (Lipinski definition) is 5. The number of thiazole rings is 1. The maximum Gasteiger partial charge on any atom is 0.194 e. The van der Waals surface area contributed by atoms with Crippen LogP contribution in [0.5, 0.6) is 0 Å². The van der Waals surface area contributed by atoms with Crippen molar-refractivity contribution in [1.82, 2.24) is 15.2 Å². The zero-order chi connectivity index (χ0) is 16.4. The van der Waals surface area contributed by atoms with Crippen LogP contribution >= 0.6 is 11.3 Å². The van der Waals surface area contributed by atoms with Gasteiger partial charge in [0.1, 0.15) is 11.1 Å². The molecule has 1 unspecified atom stereocenters. The van der Waals surface area contributed by atoms with E-state index in [-0.39, 0.29) is 6.10 Å². The number of methoxy groups -OCH3 is 2. The predicted octanol–water partition coefficient (Wildman–Crippen LogP) is 2.28. The Balaban J connectivity index is 2.61. The van der Waals surface area contributed by atoms with Crippen molar-refractivity contribution >= 4 is 17.3 Å². The van der Waals surface area contributed by atoms with Crippen molar-refractivity contribution in [1.29, 1.82) is 0 Å². The van der Waals surface area contributed by atoms with E-state index in [4.69, 9.17) is 9.47 Å². The van der Waals surface area contributed by atoms with E-state index >= 15 is 0 Å². The number of nitrogens with one attached hydrogen (secondary N) is 1. The van der Waals surface area contributed by atoms with Crippen LogP contribution in [-0.2, 0) is 16.0 Å². The molecule has 0 aliphatic carbocycles. The second-order valence-electron chi connectivity index (χ2n) is 4.99. The minimum Gasteiger partial charge on any atom is -0.385 e. The summed E-state index contributed by atoms with van der Waals surface area (Å²) in [6.45, 7) is 7.13. The van der Waals surface area contributed by atoms with Gasteiger partial charge < -0.3 is 19.7 Å². The third-order valence-corrected chi connectivity index (χ3v) is 4.19. The van der Waals surface area contributed by atoms with E-state index in [1.165, 1.54) is 0 Å². The van der Waals surface area contributed by atoms with Gasteiger partial charge in [-0.2, -0.15) is 0 Å². The first-order valence-electron chi connectivity index (χ1n) is 7.57. The van der Waals surface area contributed by atoms with Crippen LogP contribution in [0.3, 0.4) is 0 Å². The molecule has 1 rings (SSSR count). The van der Waals surface area contributed by atoms with Crippen molar-refractivity contribution in [2.24, 2.45) is 4.99 Å². The monoisotopic (exact) mass is 328 g/mol. The summed E-state index contributed by atoms with van der Waals surface area (Å²) < 4.78 is 10.4. The maximum absolute atomic E-state index is 5.30. The van der Waals surface area contributed by atoms with Crippen LogP contribution in [0.1, 0.15) is 37.1 Å². The molecule has 6 nitrogen and oxygen atoms in total. The van der Waals surface area contributed by atoms with Crippen LogP contribution in [0, 0.1) is 0 Å². The standard InChI is InChI=1S/C15H28N4O2S/c1-6-16-15(17-8-7-9-20-4)19(3)10-13-11-22-14(18-13)12(2)21-5/h11-12H,6-10H2,1-5H3,(H,16,17). The summed E-state index contributed by atoms with van der Waals surface area (Å²) in [7, 11) is 5.44. The van der Waals surface area contributed by atoms with Gasteiger partial charge >= 0.3 is 0 Å². The van der Waals surface area contributed by atoms with Crippen LogP contribution in [-0.4, -0.2) is 56.8 Å². The highest BCUT2D eigenvalue weighted by Gasteiger charge is 2.12. The van der Waals surface area contributed by atoms with Gasteiger partial charge in [-0.05, 0) is 20.3 Å². The molecule has 0 saturated carbocycles. The molecule has 22 heavy (non-hydrogen) atoms. The fourth-order valence-electron chi connectivity index (χ4n) is 1.86. The number of nitrogens with zero attached hydrogens (tertiary/aromatic N) is 3. The molecule has 0 aliphatic rings. The Kier molecular flexibility index (Phi) is 9.03. The molecule has 1 aromatic heterocycles. The highest BCUT2D eigenvalue weighted by atomic mass is 32.1. The molecule has 0 spiro atoms. The molecular formula is C15H28N4O2S. The highest BCUT2D eigenvalue weighted by molar-refractivity contribution is 7.09. The molecule has 0 saturated heterocycles. The first kappa shape index (κ1) is 18.9. The SMILES string of the molecule is CCNC(=NCCCOC)N(C)Cc1csc(C(C)OC)n1. The Labute approximate surface area is 137 Å². The third-order valence-electron chi connectivity index (χ3n) is 3.13. The van der Waals surface area contributed by atoms with Crippen molar-refractivity contribution in [3.05, 3.63) is 16.1 Å². The van der Waals surface area contributed by atoms with E-state index < -0.39 is 0 Å². The number of rotatable bonds is 9. The summed E-state index contributed by atoms with van der Waals surface area (Å²) >= 11 is 1.63. The van der Waals surface area contributed by atoms with Crippen LogP contribution in [0.15, 0.2) is 10.4 Å². The van der Waals surface area contributed by atoms with Gasteiger partial charge in [-0.25, -0.2) is 4.98 Å². The molecule has 1 atom stereocenters. The molecule has 1 aromatic rings. The molecular weight excluding hydrogens is 300 g/mol. The summed E-state index contributed by atoms with van der Waals surface area (Å²) in [5.74, 6) is 0.896. The molecule has 0 aromatic carbocycles. The van der Waals surface area contributed by atoms with Gasteiger partial charge in [-0.1, -0.05) is 0 Å². The molecule has 0 bridgehead atoms. The zero-order valence-electron chi connectivity index (χ0n) is 14.3. The summed E-state index contributed by atoms with van der Waals surface area (Å²) in [6, 6.07) is 0. The molecule has 0 aliphatic heterocycles. The molecule has 0 radical (unpaired) electrons. The Hall–Kier alpha value is -1.18. The van der Waals surface area contributed by atoms with E-state index in [2.05, 4.69) is 32.5 Å². The fourth-order valence-corrected chi connectivity index (χ4v) is 2.71.